The first-order valence-corrected chi connectivity index (χ1v) is 9.55. The third-order valence-electron chi connectivity index (χ3n) is 5.77. The Hall–Kier alpha value is -2.21. The SMILES string of the molecule is Cn1nc(C(=O)NC(Cc2ccccn2)C2CC(O)C2)c2c1CCCC2. The standard InChI is InChI=1S/C20H26N4O2/c1-24-18-8-3-2-7-16(18)19(23-24)20(26)22-17(13-10-15(25)11-13)12-14-6-4-5-9-21-14/h4-6,9,13,15,17,25H,2-3,7-8,10-12H2,1H3,(H,22,26). The van der Waals surface area contributed by atoms with Crippen LogP contribution in [0.2, 0.25) is 0 Å². The average molecular weight is 354 g/mol. The monoisotopic (exact) mass is 354 g/mol. The molecule has 1 fully saturated rings. The van der Waals surface area contributed by atoms with Crippen LogP contribution in [0.4, 0.5) is 0 Å². The molecule has 1 saturated carbocycles. The van der Waals surface area contributed by atoms with E-state index in [-0.39, 0.29) is 24.0 Å². The number of aromatic nitrogens is 3. The van der Waals surface area contributed by atoms with Gasteiger partial charge in [0.1, 0.15) is 0 Å². The maximum absolute atomic E-state index is 13.0. The number of carbonyl (C=O) groups is 1. The lowest BCUT2D eigenvalue weighted by Crippen LogP contribution is -2.48. The van der Waals surface area contributed by atoms with Gasteiger partial charge in [-0.25, -0.2) is 0 Å². The first kappa shape index (κ1) is 17.2. The Morgan fingerprint density at radius 3 is 2.88 bits per heavy atom. The van der Waals surface area contributed by atoms with E-state index in [9.17, 15) is 9.90 Å². The number of rotatable bonds is 5. The normalized spacial score (nSPS) is 23.0. The smallest absolute Gasteiger partial charge is 0.272 e. The third-order valence-corrected chi connectivity index (χ3v) is 5.77. The molecule has 2 N–H and O–H groups in total. The van der Waals surface area contributed by atoms with E-state index < -0.39 is 0 Å². The summed E-state index contributed by atoms with van der Waals surface area (Å²) in [6.07, 6.45) is 7.89. The van der Waals surface area contributed by atoms with Crippen molar-refractivity contribution >= 4 is 5.91 Å². The van der Waals surface area contributed by atoms with Crippen LogP contribution in [0.5, 0.6) is 0 Å². The number of aliphatic hydroxyl groups is 1. The van der Waals surface area contributed by atoms with Gasteiger partial charge in [0, 0.05) is 42.7 Å². The van der Waals surface area contributed by atoms with Crippen molar-refractivity contribution in [3.8, 4) is 0 Å². The molecule has 26 heavy (non-hydrogen) atoms. The minimum Gasteiger partial charge on any atom is -0.393 e. The molecule has 0 aromatic carbocycles. The predicted octanol–water partition coefficient (Wildman–Crippen LogP) is 1.81. The number of aliphatic hydroxyl groups excluding tert-OH is 1. The van der Waals surface area contributed by atoms with Crippen molar-refractivity contribution in [1.29, 1.82) is 0 Å². The zero-order valence-corrected chi connectivity index (χ0v) is 15.2. The van der Waals surface area contributed by atoms with Crippen molar-refractivity contribution < 1.29 is 9.90 Å². The fourth-order valence-electron chi connectivity index (χ4n) is 4.23. The van der Waals surface area contributed by atoms with Gasteiger partial charge in [0.2, 0.25) is 0 Å². The summed E-state index contributed by atoms with van der Waals surface area (Å²) in [5, 5.41) is 17.4. The number of nitrogens with one attached hydrogen (secondary N) is 1. The number of aryl methyl sites for hydroxylation is 1. The molecule has 2 aliphatic rings. The van der Waals surface area contributed by atoms with Crippen molar-refractivity contribution in [2.75, 3.05) is 0 Å². The van der Waals surface area contributed by atoms with E-state index in [0.29, 0.717) is 12.1 Å². The molecule has 2 aromatic rings. The highest BCUT2D eigenvalue weighted by molar-refractivity contribution is 5.94. The number of hydrogen-bond acceptors (Lipinski definition) is 4. The van der Waals surface area contributed by atoms with Crippen LogP contribution in [0.25, 0.3) is 0 Å². The van der Waals surface area contributed by atoms with Gasteiger partial charge in [-0.15, -0.1) is 0 Å². The van der Waals surface area contributed by atoms with Gasteiger partial charge in [-0.1, -0.05) is 6.07 Å². The Balaban J connectivity index is 1.53. The number of fused-ring (bicyclic) bond motifs is 1. The molecule has 6 heteroatoms. The van der Waals surface area contributed by atoms with E-state index in [0.717, 1.165) is 49.8 Å². The summed E-state index contributed by atoms with van der Waals surface area (Å²) in [6, 6.07) is 5.81. The molecule has 0 bridgehead atoms. The fraction of sp³-hybridized carbons (Fsp3) is 0.550. The molecule has 2 heterocycles. The maximum Gasteiger partial charge on any atom is 0.272 e. The highest BCUT2D eigenvalue weighted by Gasteiger charge is 2.36. The van der Waals surface area contributed by atoms with Crippen molar-refractivity contribution in [2.24, 2.45) is 13.0 Å². The van der Waals surface area contributed by atoms with E-state index >= 15 is 0 Å². The van der Waals surface area contributed by atoms with Crippen molar-refractivity contribution in [3.63, 3.8) is 0 Å². The minimum absolute atomic E-state index is 0.0259. The van der Waals surface area contributed by atoms with Gasteiger partial charge in [-0.3, -0.25) is 14.5 Å². The molecule has 2 aromatic heterocycles. The molecule has 1 unspecified atom stereocenters. The Morgan fingerprint density at radius 1 is 1.35 bits per heavy atom. The molecule has 0 spiro atoms. The minimum atomic E-state index is -0.245. The van der Waals surface area contributed by atoms with Gasteiger partial charge >= 0.3 is 0 Å². The Bertz CT molecular complexity index is 781. The summed E-state index contributed by atoms with van der Waals surface area (Å²) in [5.74, 6) is 0.196. The molecule has 0 aliphatic heterocycles. The van der Waals surface area contributed by atoms with E-state index in [1.807, 2.05) is 29.9 Å². The largest absolute Gasteiger partial charge is 0.393 e. The number of pyridine rings is 1. The number of amides is 1. The lowest BCUT2D eigenvalue weighted by molar-refractivity contribution is 0.0237. The second kappa shape index (κ2) is 7.19. The Labute approximate surface area is 153 Å². The quantitative estimate of drug-likeness (QED) is 0.858. The second-order valence-electron chi connectivity index (χ2n) is 7.60. The zero-order valence-electron chi connectivity index (χ0n) is 15.2. The molecule has 1 amide bonds. The van der Waals surface area contributed by atoms with E-state index in [4.69, 9.17) is 0 Å². The van der Waals surface area contributed by atoms with Gasteiger partial charge < -0.3 is 10.4 Å². The molecular weight excluding hydrogens is 328 g/mol. The van der Waals surface area contributed by atoms with Crippen LogP contribution in [-0.4, -0.2) is 37.9 Å². The van der Waals surface area contributed by atoms with E-state index in [1.54, 1.807) is 6.20 Å². The first-order valence-electron chi connectivity index (χ1n) is 9.55. The third kappa shape index (κ3) is 3.38. The van der Waals surface area contributed by atoms with Crippen LogP contribution < -0.4 is 5.32 Å². The van der Waals surface area contributed by atoms with Crippen molar-refractivity contribution in [1.82, 2.24) is 20.1 Å². The van der Waals surface area contributed by atoms with Crippen LogP contribution in [0.15, 0.2) is 24.4 Å². The Morgan fingerprint density at radius 2 is 2.15 bits per heavy atom. The first-order chi connectivity index (χ1) is 12.6. The summed E-state index contributed by atoms with van der Waals surface area (Å²) in [7, 11) is 1.93. The van der Waals surface area contributed by atoms with E-state index in [1.165, 1.54) is 5.69 Å². The van der Waals surface area contributed by atoms with Gasteiger partial charge in [0.05, 0.1) is 6.10 Å². The summed E-state index contributed by atoms with van der Waals surface area (Å²) in [5.41, 5.74) is 3.85. The topological polar surface area (TPSA) is 80.0 Å². The lowest BCUT2D eigenvalue weighted by Gasteiger charge is -2.38. The number of nitrogens with zero attached hydrogens (tertiary/aromatic N) is 3. The molecule has 138 valence electrons. The van der Waals surface area contributed by atoms with Crippen molar-refractivity contribution in [2.45, 2.75) is 57.1 Å². The number of carbonyl (C=O) groups excluding carboxylic acids is 1. The summed E-state index contributed by atoms with van der Waals surface area (Å²) in [4.78, 5) is 17.4. The molecule has 4 rings (SSSR count). The Kier molecular flexibility index (Phi) is 4.76. The van der Waals surface area contributed by atoms with E-state index in [2.05, 4.69) is 15.4 Å². The van der Waals surface area contributed by atoms with Crippen LogP contribution in [0, 0.1) is 5.92 Å². The zero-order chi connectivity index (χ0) is 18.1. The molecule has 0 saturated heterocycles. The summed E-state index contributed by atoms with van der Waals surface area (Å²) < 4.78 is 1.87. The highest BCUT2D eigenvalue weighted by atomic mass is 16.3. The molecular formula is C20H26N4O2. The van der Waals surface area contributed by atoms with Crippen LogP contribution >= 0.6 is 0 Å². The van der Waals surface area contributed by atoms with Gasteiger partial charge in [-0.05, 0) is 56.6 Å². The lowest BCUT2D eigenvalue weighted by atomic mass is 9.76. The van der Waals surface area contributed by atoms with Gasteiger partial charge in [0.15, 0.2) is 5.69 Å². The maximum atomic E-state index is 13.0. The molecule has 0 radical (unpaired) electrons. The van der Waals surface area contributed by atoms with Crippen molar-refractivity contribution in [3.05, 3.63) is 47.0 Å². The molecule has 6 nitrogen and oxygen atoms in total. The fourth-order valence-corrected chi connectivity index (χ4v) is 4.23. The van der Waals surface area contributed by atoms with Gasteiger partial charge in [0.25, 0.3) is 5.91 Å². The summed E-state index contributed by atoms with van der Waals surface area (Å²) >= 11 is 0. The number of hydrogen-bond donors (Lipinski definition) is 2. The second-order valence-corrected chi connectivity index (χ2v) is 7.60. The average Bonchev–Trinajstić information content (AvgIpc) is 2.97. The van der Waals surface area contributed by atoms with Crippen LogP contribution in [0.3, 0.4) is 0 Å². The summed E-state index contributed by atoms with van der Waals surface area (Å²) in [6.45, 7) is 0. The molecule has 1 atom stereocenters. The predicted molar refractivity (Wildman–Crippen MR) is 97.8 cm³/mol. The molecule has 2 aliphatic carbocycles. The highest BCUT2D eigenvalue weighted by Crippen LogP contribution is 2.32. The van der Waals surface area contributed by atoms with Crippen LogP contribution in [0.1, 0.15) is 53.1 Å². The van der Waals surface area contributed by atoms with Crippen LogP contribution in [-0.2, 0) is 26.3 Å². The van der Waals surface area contributed by atoms with Gasteiger partial charge in [-0.2, -0.15) is 5.10 Å².